The fourth-order valence-corrected chi connectivity index (χ4v) is 4.30. The number of nitrogens with two attached hydrogens (primary N) is 4. The fourth-order valence-electron chi connectivity index (χ4n) is 4.30. The van der Waals surface area contributed by atoms with Crippen molar-refractivity contribution in [1.82, 2.24) is 26.6 Å². The normalized spacial score (nSPS) is 11.9. The Hall–Kier alpha value is -4.64. The van der Waals surface area contributed by atoms with Crippen LogP contribution in [0, 0.1) is 0 Å². The van der Waals surface area contributed by atoms with Crippen molar-refractivity contribution in [3.8, 4) is 11.5 Å². The highest BCUT2D eigenvalue weighted by Crippen LogP contribution is 2.22. The third kappa shape index (κ3) is 20.2. The molecular formula is C30H52N10O7. The monoisotopic (exact) mass is 664 g/mol. The van der Waals surface area contributed by atoms with Gasteiger partial charge in [-0.25, -0.2) is 0 Å². The van der Waals surface area contributed by atoms with Gasteiger partial charge < -0.3 is 59.7 Å². The molecule has 47 heavy (non-hydrogen) atoms. The van der Waals surface area contributed by atoms with Gasteiger partial charge in [0, 0.05) is 50.8 Å². The van der Waals surface area contributed by atoms with Gasteiger partial charge in [-0.3, -0.25) is 29.0 Å². The van der Waals surface area contributed by atoms with Crippen LogP contribution in [0.2, 0.25) is 0 Å². The topological polar surface area (TPSA) is 302 Å². The van der Waals surface area contributed by atoms with E-state index in [1.165, 1.54) is 12.1 Å². The van der Waals surface area contributed by atoms with Gasteiger partial charge in [-0.05, 0) is 57.6 Å². The molecular weight excluding hydrogens is 612 g/mol. The van der Waals surface area contributed by atoms with E-state index < -0.39 is 36.2 Å². The molecule has 17 heteroatoms. The van der Waals surface area contributed by atoms with Gasteiger partial charge >= 0.3 is 0 Å². The highest BCUT2D eigenvalue weighted by molar-refractivity contribution is 5.92. The molecule has 0 aliphatic rings. The average Bonchev–Trinajstić information content (AvgIpc) is 3.00. The van der Waals surface area contributed by atoms with Gasteiger partial charge in [0.25, 0.3) is 0 Å². The van der Waals surface area contributed by atoms with Crippen molar-refractivity contribution in [2.45, 2.75) is 76.3 Å². The molecule has 0 saturated heterocycles. The molecule has 0 fully saturated rings. The molecule has 0 aliphatic heterocycles. The summed E-state index contributed by atoms with van der Waals surface area (Å²) < 4.78 is 0. The first-order chi connectivity index (χ1) is 22.4. The lowest BCUT2D eigenvalue weighted by atomic mass is 10.1. The van der Waals surface area contributed by atoms with Crippen LogP contribution in [0.25, 0.3) is 0 Å². The van der Waals surface area contributed by atoms with Crippen molar-refractivity contribution in [2.75, 3.05) is 39.3 Å². The lowest BCUT2D eigenvalue weighted by Gasteiger charge is -2.17. The summed E-state index contributed by atoms with van der Waals surface area (Å²) in [6, 6.07) is 2.02. The predicted octanol–water partition coefficient (Wildman–Crippen LogP) is -2.34. The summed E-state index contributed by atoms with van der Waals surface area (Å²) in [5.74, 6) is -2.62. The number of hydrogen-bond donors (Lipinski definition) is 11. The summed E-state index contributed by atoms with van der Waals surface area (Å²) in [7, 11) is 0. The number of benzene rings is 1. The molecule has 0 radical (unpaired) electrons. The smallest absolute Gasteiger partial charge is 0.243 e. The van der Waals surface area contributed by atoms with Gasteiger partial charge in [-0.2, -0.15) is 0 Å². The minimum Gasteiger partial charge on any atom is -0.508 e. The number of unbranched alkanes of at least 4 members (excludes halogenated alkanes) is 3. The summed E-state index contributed by atoms with van der Waals surface area (Å²) in [5.41, 5.74) is 21.8. The molecule has 0 saturated carbocycles. The minimum absolute atomic E-state index is 0.0148. The summed E-state index contributed by atoms with van der Waals surface area (Å²) in [6.45, 7) is 2.99. The van der Waals surface area contributed by atoms with Crippen LogP contribution >= 0.6 is 0 Å². The number of amides is 5. The number of guanidine groups is 1. The summed E-state index contributed by atoms with van der Waals surface area (Å²) >= 11 is 0. The van der Waals surface area contributed by atoms with Gasteiger partial charge in [0.2, 0.25) is 29.5 Å². The number of phenolic OH excluding ortho intramolecular Hbond substituents is 2. The number of rotatable bonds is 25. The molecule has 5 amide bonds. The van der Waals surface area contributed by atoms with Gasteiger partial charge in [0.05, 0.1) is 18.9 Å². The van der Waals surface area contributed by atoms with Gasteiger partial charge in [0.15, 0.2) is 5.96 Å². The lowest BCUT2D eigenvalue weighted by molar-refractivity contribution is -0.131. The molecule has 17 nitrogen and oxygen atoms in total. The Kier molecular flexibility index (Phi) is 20.3. The van der Waals surface area contributed by atoms with Crippen LogP contribution < -0.4 is 49.5 Å². The SMILES string of the molecule is NC(=O)C[C@H](NC(=O)Cc1ccc(O)cc1O)C(=O)NCCCCCNC(=O)CCNCCCCNC(=O)[C@@H](N)CCCN=C(N)N. The maximum atomic E-state index is 12.6. The average molecular weight is 665 g/mol. The zero-order valence-electron chi connectivity index (χ0n) is 26.9. The van der Waals surface area contributed by atoms with E-state index in [1.807, 2.05) is 0 Å². The van der Waals surface area contributed by atoms with Crippen LogP contribution in [0.15, 0.2) is 23.2 Å². The Labute approximate surface area is 275 Å². The third-order valence-electron chi connectivity index (χ3n) is 6.86. The maximum Gasteiger partial charge on any atom is 0.243 e. The van der Waals surface area contributed by atoms with E-state index >= 15 is 0 Å². The van der Waals surface area contributed by atoms with E-state index in [4.69, 9.17) is 22.9 Å². The van der Waals surface area contributed by atoms with E-state index in [0.29, 0.717) is 71.4 Å². The number of aromatic hydroxyl groups is 2. The molecule has 1 aromatic carbocycles. The molecule has 0 aliphatic carbocycles. The van der Waals surface area contributed by atoms with E-state index in [-0.39, 0.29) is 41.3 Å². The lowest BCUT2D eigenvalue weighted by Crippen LogP contribution is -2.49. The standard InChI is InChI=1S/C30H52N10O7/c31-22(7-6-15-39-30(33)34)28(46)37-14-5-4-11-35-16-10-26(44)36-12-2-1-3-13-38-29(47)23(19-25(32)43)40-27(45)17-20-8-9-21(41)18-24(20)42/h8-9,18,22-23,35,41-42H,1-7,10-17,19,31H2,(H2,32,43)(H,36,44)(H,37,46)(H,38,47)(H,40,45)(H4,33,34,39)/t22-,23-/m0/s1. The van der Waals surface area contributed by atoms with Crippen LogP contribution in [0.5, 0.6) is 11.5 Å². The van der Waals surface area contributed by atoms with Gasteiger partial charge in [-0.1, -0.05) is 6.07 Å². The summed E-state index contributed by atoms with van der Waals surface area (Å²) in [6.07, 6.45) is 4.45. The van der Waals surface area contributed by atoms with Crippen molar-refractivity contribution in [3.63, 3.8) is 0 Å². The molecule has 0 spiro atoms. The molecule has 15 N–H and O–H groups in total. The van der Waals surface area contributed by atoms with Crippen molar-refractivity contribution in [1.29, 1.82) is 0 Å². The van der Waals surface area contributed by atoms with Gasteiger partial charge in [0.1, 0.15) is 17.5 Å². The summed E-state index contributed by atoms with van der Waals surface area (Å²) in [4.78, 5) is 64.2. The number of phenols is 2. The highest BCUT2D eigenvalue weighted by Gasteiger charge is 2.23. The number of carbonyl (C=O) groups excluding carboxylic acids is 5. The van der Waals surface area contributed by atoms with Crippen LogP contribution in [0.4, 0.5) is 0 Å². The number of nitrogens with one attached hydrogen (secondary N) is 5. The Morgan fingerprint density at radius 3 is 2.06 bits per heavy atom. The van der Waals surface area contributed by atoms with Crippen molar-refractivity contribution < 1.29 is 34.2 Å². The Balaban J connectivity index is 2.09. The Morgan fingerprint density at radius 1 is 0.766 bits per heavy atom. The number of hydrogen-bond acceptors (Lipinski definition) is 10. The van der Waals surface area contributed by atoms with Crippen LogP contribution in [-0.4, -0.2) is 97.1 Å². The van der Waals surface area contributed by atoms with E-state index in [2.05, 4.69) is 31.6 Å². The zero-order valence-corrected chi connectivity index (χ0v) is 26.9. The second-order valence-corrected chi connectivity index (χ2v) is 11.0. The van der Waals surface area contributed by atoms with Gasteiger partial charge in [-0.15, -0.1) is 0 Å². The van der Waals surface area contributed by atoms with Crippen LogP contribution in [-0.2, 0) is 30.4 Å². The van der Waals surface area contributed by atoms with Crippen molar-refractivity contribution in [2.24, 2.45) is 27.9 Å². The second-order valence-electron chi connectivity index (χ2n) is 11.0. The molecule has 1 rings (SSSR count). The Morgan fingerprint density at radius 2 is 1.40 bits per heavy atom. The molecule has 2 atom stereocenters. The highest BCUT2D eigenvalue weighted by atomic mass is 16.3. The van der Waals surface area contributed by atoms with E-state index in [0.717, 1.165) is 25.3 Å². The molecule has 0 unspecified atom stereocenters. The Bertz CT molecular complexity index is 1180. The molecule has 0 bridgehead atoms. The van der Waals surface area contributed by atoms with Crippen molar-refractivity contribution in [3.05, 3.63) is 23.8 Å². The zero-order chi connectivity index (χ0) is 35.0. The molecule has 264 valence electrons. The minimum atomic E-state index is -1.17. The quantitative estimate of drug-likeness (QED) is 0.0299. The predicted molar refractivity (Wildman–Crippen MR) is 177 cm³/mol. The maximum absolute atomic E-state index is 12.6. The van der Waals surface area contributed by atoms with E-state index in [1.54, 1.807) is 0 Å². The molecule has 0 heterocycles. The first-order valence-corrected chi connectivity index (χ1v) is 15.8. The van der Waals surface area contributed by atoms with E-state index in [9.17, 15) is 34.2 Å². The second kappa shape index (κ2) is 23.7. The first-order valence-electron chi connectivity index (χ1n) is 15.8. The molecule has 1 aromatic rings. The number of aliphatic imine (C=N–C) groups is 1. The third-order valence-corrected chi connectivity index (χ3v) is 6.86. The molecule has 0 aromatic heterocycles. The number of primary amides is 1. The summed E-state index contributed by atoms with van der Waals surface area (Å²) in [5, 5.41) is 33.2. The largest absolute Gasteiger partial charge is 0.508 e. The number of carbonyl (C=O) groups is 5. The number of nitrogens with zero attached hydrogens (tertiary/aromatic N) is 1. The first kappa shape index (κ1) is 40.4. The fraction of sp³-hybridized carbons (Fsp3) is 0.600. The van der Waals surface area contributed by atoms with Crippen molar-refractivity contribution >= 4 is 35.5 Å². The van der Waals surface area contributed by atoms with Crippen LogP contribution in [0.3, 0.4) is 0 Å². The van der Waals surface area contributed by atoms with Crippen LogP contribution in [0.1, 0.15) is 63.4 Å².